The number of carbonyl (C=O) groups is 1. The second kappa shape index (κ2) is 7.23. The fourth-order valence-corrected chi connectivity index (χ4v) is 4.87. The standard InChI is InChI=1S/C23H22FN3O4/c24-14-1-2-16-19(9-14)26-31-22(16)13-5-7-27(8-6-13)11-15-12-29-20-4-3-18-17(23(20)30-15)10-21(28)25-18/h1-4,9,13,15H,5-8,10-12H2,(H,25,28). The van der Waals surface area contributed by atoms with Crippen LogP contribution in [0, 0.1) is 5.82 Å². The molecule has 0 radical (unpaired) electrons. The Bertz CT molecular complexity index is 1170. The Morgan fingerprint density at radius 2 is 2.06 bits per heavy atom. The summed E-state index contributed by atoms with van der Waals surface area (Å²) in [5.41, 5.74) is 2.27. The molecule has 1 aromatic heterocycles. The molecule has 1 fully saturated rings. The molecule has 1 N–H and O–H groups in total. The van der Waals surface area contributed by atoms with Crippen molar-refractivity contribution in [1.29, 1.82) is 0 Å². The molecule has 8 heteroatoms. The summed E-state index contributed by atoms with van der Waals surface area (Å²) >= 11 is 0. The lowest BCUT2D eigenvalue weighted by atomic mass is 9.92. The number of hydrogen-bond acceptors (Lipinski definition) is 6. The van der Waals surface area contributed by atoms with E-state index in [1.54, 1.807) is 6.07 Å². The van der Waals surface area contributed by atoms with Gasteiger partial charge in [0, 0.05) is 35.2 Å². The molecule has 160 valence electrons. The van der Waals surface area contributed by atoms with Crippen LogP contribution in [-0.4, -0.2) is 48.3 Å². The Hall–Kier alpha value is -3.13. The smallest absolute Gasteiger partial charge is 0.229 e. The number of likely N-dealkylation sites (tertiary alicyclic amines) is 1. The topological polar surface area (TPSA) is 76.8 Å². The first kappa shape index (κ1) is 18.6. The van der Waals surface area contributed by atoms with Crippen LogP contribution >= 0.6 is 0 Å². The summed E-state index contributed by atoms with van der Waals surface area (Å²) in [6, 6.07) is 8.35. The summed E-state index contributed by atoms with van der Waals surface area (Å²) in [6.07, 6.45) is 2.13. The number of hydrogen-bond donors (Lipinski definition) is 1. The highest BCUT2D eigenvalue weighted by molar-refractivity contribution is 6.00. The van der Waals surface area contributed by atoms with Gasteiger partial charge in [-0.1, -0.05) is 5.16 Å². The van der Waals surface area contributed by atoms with Gasteiger partial charge < -0.3 is 19.3 Å². The summed E-state index contributed by atoms with van der Waals surface area (Å²) in [6.45, 7) is 3.08. The summed E-state index contributed by atoms with van der Waals surface area (Å²) in [5.74, 6) is 2.22. The molecular formula is C23H22FN3O4. The molecule has 6 rings (SSSR count). The highest BCUT2D eigenvalue weighted by Gasteiger charge is 2.32. The van der Waals surface area contributed by atoms with Crippen LogP contribution in [0.4, 0.5) is 10.1 Å². The lowest BCUT2D eigenvalue weighted by Gasteiger charge is -2.35. The molecule has 7 nitrogen and oxygen atoms in total. The van der Waals surface area contributed by atoms with Crippen LogP contribution in [0.15, 0.2) is 34.9 Å². The number of anilines is 1. The zero-order valence-corrected chi connectivity index (χ0v) is 16.9. The predicted molar refractivity (Wildman–Crippen MR) is 111 cm³/mol. The van der Waals surface area contributed by atoms with Gasteiger partial charge in [-0.3, -0.25) is 9.69 Å². The van der Waals surface area contributed by atoms with E-state index < -0.39 is 0 Å². The van der Waals surface area contributed by atoms with Gasteiger partial charge in [-0.25, -0.2) is 4.39 Å². The van der Waals surface area contributed by atoms with E-state index in [0.29, 0.717) is 30.0 Å². The Labute approximate surface area is 178 Å². The predicted octanol–water partition coefficient (Wildman–Crippen LogP) is 3.48. The Balaban J connectivity index is 1.11. The highest BCUT2D eigenvalue weighted by atomic mass is 19.1. The minimum absolute atomic E-state index is 0.0149. The molecular weight excluding hydrogens is 401 g/mol. The van der Waals surface area contributed by atoms with Crippen LogP contribution in [0.1, 0.15) is 30.1 Å². The fraction of sp³-hybridized carbons (Fsp3) is 0.391. The summed E-state index contributed by atoms with van der Waals surface area (Å²) in [5, 5.41) is 7.79. The van der Waals surface area contributed by atoms with Crippen LogP contribution < -0.4 is 14.8 Å². The van der Waals surface area contributed by atoms with Gasteiger partial charge in [-0.2, -0.15) is 0 Å². The minimum atomic E-state index is -0.302. The molecule has 2 aromatic carbocycles. The Kier molecular flexibility index (Phi) is 4.34. The Morgan fingerprint density at radius 3 is 2.94 bits per heavy atom. The number of nitrogens with zero attached hydrogens (tertiary/aromatic N) is 2. The molecule has 0 bridgehead atoms. The average Bonchev–Trinajstić information content (AvgIpc) is 3.37. The second-order valence-corrected chi connectivity index (χ2v) is 8.48. The van der Waals surface area contributed by atoms with Crippen LogP contribution in [-0.2, 0) is 11.2 Å². The normalized spacial score (nSPS) is 21.3. The van der Waals surface area contributed by atoms with Crippen molar-refractivity contribution in [3.63, 3.8) is 0 Å². The lowest BCUT2D eigenvalue weighted by Crippen LogP contribution is -2.44. The maximum Gasteiger partial charge on any atom is 0.229 e. The first-order chi connectivity index (χ1) is 15.1. The third kappa shape index (κ3) is 3.31. The molecule has 3 aliphatic heterocycles. The van der Waals surface area contributed by atoms with Crippen LogP contribution in [0.2, 0.25) is 0 Å². The quantitative estimate of drug-likeness (QED) is 0.695. The van der Waals surface area contributed by atoms with E-state index in [1.165, 1.54) is 12.1 Å². The number of piperidine rings is 1. The molecule has 3 aliphatic rings. The fourth-order valence-electron chi connectivity index (χ4n) is 4.87. The zero-order valence-electron chi connectivity index (χ0n) is 16.9. The van der Waals surface area contributed by atoms with Crippen molar-refractivity contribution >= 4 is 22.5 Å². The summed E-state index contributed by atoms with van der Waals surface area (Å²) in [4.78, 5) is 14.1. The van der Waals surface area contributed by atoms with Crippen molar-refractivity contribution < 1.29 is 23.2 Å². The first-order valence-corrected chi connectivity index (χ1v) is 10.7. The molecule has 31 heavy (non-hydrogen) atoms. The van der Waals surface area contributed by atoms with Crippen molar-refractivity contribution in [2.75, 3.05) is 31.6 Å². The van der Waals surface area contributed by atoms with Gasteiger partial charge in [0.05, 0.1) is 6.42 Å². The van der Waals surface area contributed by atoms with E-state index in [1.807, 2.05) is 12.1 Å². The number of benzene rings is 2. The van der Waals surface area contributed by atoms with E-state index in [4.69, 9.17) is 14.0 Å². The van der Waals surface area contributed by atoms with Crippen molar-refractivity contribution in [2.24, 2.45) is 0 Å². The Morgan fingerprint density at radius 1 is 1.19 bits per heavy atom. The minimum Gasteiger partial charge on any atom is -0.486 e. The SMILES string of the molecule is O=C1Cc2c(ccc3c2OC(CN2CCC(c4onc5cc(F)ccc45)CC2)CO3)N1. The number of fused-ring (bicyclic) bond motifs is 4. The van der Waals surface area contributed by atoms with Gasteiger partial charge in [0.15, 0.2) is 11.5 Å². The number of carbonyl (C=O) groups excluding carboxylic acids is 1. The number of nitrogens with one attached hydrogen (secondary N) is 1. The van der Waals surface area contributed by atoms with Crippen molar-refractivity contribution in [3.05, 3.63) is 47.5 Å². The zero-order chi connectivity index (χ0) is 20.9. The van der Waals surface area contributed by atoms with E-state index in [2.05, 4.69) is 15.4 Å². The second-order valence-electron chi connectivity index (χ2n) is 8.48. The molecule has 0 saturated carbocycles. The average molecular weight is 423 g/mol. The van der Waals surface area contributed by atoms with E-state index in [0.717, 1.165) is 54.9 Å². The van der Waals surface area contributed by atoms with Gasteiger partial charge in [0.1, 0.15) is 29.8 Å². The maximum absolute atomic E-state index is 13.4. The number of ether oxygens (including phenoxy) is 2. The van der Waals surface area contributed by atoms with Crippen molar-refractivity contribution in [1.82, 2.24) is 10.1 Å². The van der Waals surface area contributed by atoms with E-state index in [9.17, 15) is 9.18 Å². The highest BCUT2D eigenvalue weighted by Crippen LogP contribution is 2.42. The lowest BCUT2D eigenvalue weighted by molar-refractivity contribution is -0.115. The van der Waals surface area contributed by atoms with Crippen LogP contribution in [0.25, 0.3) is 10.9 Å². The van der Waals surface area contributed by atoms with Gasteiger partial charge >= 0.3 is 0 Å². The molecule has 1 unspecified atom stereocenters. The molecule has 1 saturated heterocycles. The largest absolute Gasteiger partial charge is 0.486 e. The molecule has 4 heterocycles. The van der Waals surface area contributed by atoms with E-state index in [-0.39, 0.29) is 23.7 Å². The number of amides is 1. The third-order valence-corrected chi connectivity index (χ3v) is 6.43. The number of aromatic nitrogens is 1. The van der Waals surface area contributed by atoms with Gasteiger partial charge in [-0.05, 0) is 50.2 Å². The molecule has 1 amide bonds. The van der Waals surface area contributed by atoms with Gasteiger partial charge in [0.2, 0.25) is 5.91 Å². The number of halogens is 1. The first-order valence-electron chi connectivity index (χ1n) is 10.7. The third-order valence-electron chi connectivity index (χ3n) is 6.43. The van der Waals surface area contributed by atoms with Crippen LogP contribution in [0.5, 0.6) is 11.5 Å². The van der Waals surface area contributed by atoms with Gasteiger partial charge in [-0.15, -0.1) is 0 Å². The molecule has 1 atom stereocenters. The van der Waals surface area contributed by atoms with Crippen molar-refractivity contribution in [3.8, 4) is 11.5 Å². The number of rotatable bonds is 3. The van der Waals surface area contributed by atoms with Crippen LogP contribution in [0.3, 0.4) is 0 Å². The van der Waals surface area contributed by atoms with Gasteiger partial charge in [0.25, 0.3) is 0 Å². The van der Waals surface area contributed by atoms with E-state index >= 15 is 0 Å². The summed E-state index contributed by atoms with van der Waals surface area (Å²) in [7, 11) is 0. The van der Waals surface area contributed by atoms with Crippen molar-refractivity contribution in [2.45, 2.75) is 31.3 Å². The summed E-state index contributed by atoms with van der Waals surface area (Å²) < 4.78 is 31.2. The molecule has 0 spiro atoms. The monoisotopic (exact) mass is 423 g/mol. The molecule has 0 aliphatic carbocycles. The maximum atomic E-state index is 13.4. The molecule has 3 aromatic rings.